The van der Waals surface area contributed by atoms with Gasteiger partial charge in [-0.15, -0.1) is 0 Å². The Bertz CT molecular complexity index is 999. The van der Waals surface area contributed by atoms with Crippen LogP contribution in [0.25, 0.3) is 0 Å². The standard InChI is InChI=1S/C19H21Cl2N3O4S/c1-11(2)18(26)24-9-13(8-15(24)17(25)23-19(10-22)5-6-19)29(27,28)16-4-3-12(20)7-14(16)21/h3-4,7,11,13,15H,5-6,8-9H2,1-2H3,(H,23,25). The van der Waals surface area contributed by atoms with Crippen molar-refractivity contribution < 1.29 is 18.0 Å². The van der Waals surface area contributed by atoms with Crippen LogP contribution in [0.1, 0.15) is 33.1 Å². The molecule has 2 unspecified atom stereocenters. The molecule has 2 amide bonds. The van der Waals surface area contributed by atoms with Crippen molar-refractivity contribution in [2.24, 2.45) is 5.92 Å². The quantitative estimate of drug-likeness (QED) is 0.730. The van der Waals surface area contributed by atoms with Crippen LogP contribution in [0, 0.1) is 17.2 Å². The summed E-state index contributed by atoms with van der Waals surface area (Å²) < 4.78 is 26.4. The van der Waals surface area contributed by atoms with Crippen LogP contribution in [0.2, 0.25) is 10.0 Å². The van der Waals surface area contributed by atoms with Gasteiger partial charge in [-0.1, -0.05) is 37.0 Å². The fourth-order valence-corrected chi connectivity index (χ4v) is 5.91. The van der Waals surface area contributed by atoms with Crippen LogP contribution in [0.4, 0.5) is 0 Å². The average molecular weight is 458 g/mol. The maximum Gasteiger partial charge on any atom is 0.244 e. The summed E-state index contributed by atoms with van der Waals surface area (Å²) in [6, 6.07) is 5.22. The Kier molecular flexibility index (Phi) is 5.87. The number of rotatable bonds is 5. The Hall–Kier alpha value is -1.82. The van der Waals surface area contributed by atoms with Gasteiger partial charge in [-0.3, -0.25) is 9.59 Å². The molecule has 156 valence electrons. The van der Waals surface area contributed by atoms with Gasteiger partial charge in [-0.2, -0.15) is 5.26 Å². The summed E-state index contributed by atoms with van der Waals surface area (Å²) in [7, 11) is -3.91. The minimum atomic E-state index is -3.91. The predicted molar refractivity (Wildman–Crippen MR) is 108 cm³/mol. The lowest BCUT2D eigenvalue weighted by Gasteiger charge is -2.26. The molecule has 2 aliphatic rings. The van der Waals surface area contributed by atoms with Crippen molar-refractivity contribution in [3.63, 3.8) is 0 Å². The van der Waals surface area contributed by atoms with Gasteiger partial charge in [0.05, 0.1) is 21.2 Å². The number of hydrogen-bond donors (Lipinski definition) is 1. The van der Waals surface area contributed by atoms with E-state index in [0.29, 0.717) is 17.9 Å². The lowest BCUT2D eigenvalue weighted by Crippen LogP contribution is -2.50. The Morgan fingerprint density at radius 3 is 2.48 bits per heavy atom. The number of carbonyl (C=O) groups excluding carboxylic acids is 2. The SMILES string of the molecule is CC(C)C(=O)N1CC(S(=O)(=O)c2ccc(Cl)cc2Cl)CC1C(=O)NC1(C#N)CC1. The van der Waals surface area contributed by atoms with Crippen molar-refractivity contribution in [2.45, 2.75) is 54.8 Å². The zero-order valence-electron chi connectivity index (χ0n) is 16.0. The first-order valence-corrected chi connectivity index (χ1v) is 11.5. The Morgan fingerprint density at radius 1 is 1.31 bits per heavy atom. The highest BCUT2D eigenvalue weighted by Crippen LogP contribution is 2.37. The molecule has 0 bridgehead atoms. The van der Waals surface area contributed by atoms with Crippen LogP contribution in [0.5, 0.6) is 0 Å². The van der Waals surface area contributed by atoms with E-state index >= 15 is 0 Å². The van der Waals surface area contributed by atoms with E-state index in [9.17, 15) is 23.3 Å². The fourth-order valence-electron chi connectivity index (χ4n) is 3.44. The van der Waals surface area contributed by atoms with E-state index in [0.717, 1.165) is 0 Å². The largest absolute Gasteiger partial charge is 0.336 e. The number of halogens is 2. The third kappa shape index (κ3) is 4.23. The maximum absolute atomic E-state index is 13.2. The van der Waals surface area contributed by atoms with E-state index in [-0.39, 0.29) is 28.8 Å². The van der Waals surface area contributed by atoms with Crippen molar-refractivity contribution in [3.05, 3.63) is 28.2 Å². The summed E-state index contributed by atoms with van der Waals surface area (Å²) in [5.74, 6) is -1.22. The summed E-state index contributed by atoms with van der Waals surface area (Å²) in [4.78, 5) is 26.7. The van der Waals surface area contributed by atoms with E-state index in [1.54, 1.807) is 13.8 Å². The number of hydrogen-bond acceptors (Lipinski definition) is 5. The summed E-state index contributed by atoms with van der Waals surface area (Å²) >= 11 is 12.0. The van der Waals surface area contributed by atoms with Crippen LogP contribution in [-0.2, 0) is 19.4 Å². The normalized spacial score (nSPS) is 23.0. The first kappa shape index (κ1) is 21.9. The molecular weight excluding hydrogens is 437 g/mol. The first-order chi connectivity index (χ1) is 13.5. The third-order valence-corrected chi connectivity index (χ3v) is 8.16. The van der Waals surface area contributed by atoms with Gasteiger partial charge in [0, 0.05) is 17.5 Å². The lowest BCUT2D eigenvalue weighted by atomic mass is 10.1. The second kappa shape index (κ2) is 7.78. The first-order valence-electron chi connectivity index (χ1n) is 9.23. The molecule has 0 aromatic heterocycles. The molecule has 1 saturated carbocycles. The summed E-state index contributed by atoms with van der Waals surface area (Å²) in [6.07, 6.45) is 1.03. The second-order valence-corrected chi connectivity index (χ2v) is 10.9. The van der Waals surface area contributed by atoms with Crippen molar-refractivity contribution in [1.82, 2.24) is 10.2 Å². The van der Waals surface area contributed by atoms with Gasteiger partial charge < -0.3 is 10.2 Å². The predicted octanol–water partition coefficient (Wildman–Crippen LogP) is 2.56. The summed E-state index contributed by atoms with van der Waals surface area (Å²) in [5, 5.41) is 11.2. The number of likely N-dealkylation sites (tertiary alicyclic amines) is 1. The van der Waals surface area contributed by atoms with Gasteiger partial charge in [0.25, 0.3) is 0 Å². The zero-order valence-corrected chi connectivity index (χ0v) is 18.3. The van der Waals surface area contributed by atoms with E-state index in [4.69, 9.17) is 23.2 Å². The minimum Gasteiger partial charge on any atom is -0.336 e. The van der Waals surface area contributed by atoms with Crippen LogP contribution >= 0.6 is 23.2 Å². The molecule has 29 heavy (non-hydrogen) atoms. The summed E-state index contributed by atoms with van der Waals surface area (Å²) in [5.41, 5.74) is -0.903. The van der Waals surface area contributed by atoms with Crippen molar-refractivity contribution in [1.29, 1.82) is 5.26 Å². The number of benzene rings is 1. The van der Waals surface area contributed by atoms with E-state index in [2.05, 4.69) is 11.4 Å². The van der Waals surface area contributed by atoms with Crippen LogP contribution in [-0.4, -0.2) is 48.5 Å². The minimum absolute atomic E-state index is 0.00597. The Morgan fingerprint density at radius 2 is 1.97 bits per heavy atom. The van der Waals surface area contributed by atoms with Crippen LogP contribution in [0.3, 0.4) is 0 Å². The molecule has 1 aromatic carbocycles. The van der Waals surface area contributed by atoms with Gasteiger partial charge in [0.1, 0.15) is 11.6 Å². The molecular formula is C19H21Cl2N3O4S. The van der Waals surface area contributed by atoms with Gasteiger partial charge >= 0.3 is 0 Å². The van der Waals surface area contributed by atoms with Crippen molar-refractivity contribution in [2.75, 3.05) is 6.54 Å². The van der Waals surface area contributed by atoms with Gasteiger partial charge in [0.15, 0.2) is 9.84 Å². The number of nitriles is 1. The molecule has 10 heteroatoms. The highest BCUT2D eigenvalue weighted by molar-refractivity contribution is 7.92. The number of amides is 2. The Balaban J connectivity index is 1.90. The maximum atomic E-state index is 13.2. The number of carbonyl (C=O) groups is 2. The molecule has 2 fully saturated rings. The molecule has 2 atom stereocenters. The second-order valence-electron chi connectivity index (χ2n) is 7.82. The molecule has 0 radical (unpaired) electrons. The molecule has 1 aromatic rings. The van der Waals surface area contributed by atoms with Gasteiger partial charge in [-0.25, -0.2) is 8.42 Å². The molecule has 1 saturated heterocycles. The van der Waals surface area contributed by atoms with E-state index in [1.165, 1.54) is 23.1 Å². The van der Waals surface area contributed by atoms with Crippen LogP contribution < -0.4 is 5.32 Å². The van der Waals surface area contributed by atoms with Crippen molar-refractivity contribution >= 4 is 44.9 Å². The highest BCUT2D eigenvalue weighted by Gasteiger charge is 2.50. The highest BCUT2D eigenvalue weighted by atomic mass is 35.5. The number of nitrogens with one attached hydrogen (secondary N) is 1. The molecule has 1 aliphatic heterocycles. The van der Waals surface area contributed by atoms with Crippen molar-refractivity contribution in [3.8, 4) is 6.07 Å². The molecule has 1 aliphatic carbocycles. The average Bonchev–Trinajstić information content (AvgIpc) is 3.26. The topological polar surface area (TPSA) is 107 Å². The third-order valence-electron chi connectivity index (χ3n) is 5.31. The summed E-state index contributed by atoms with van der Waals surface area (Å²) in [6.45, 7) is 3.26. The molecule has 0 spiro atoms. The molecule has 1 N–H and O–H groups in total. The fraction of sp³-hybridized carbons (Fsp3) is 0.526. The monoisotopic (exact) mass is 457 g/mol. The molecule has 1 heterocycles. The Labute approximate surface area is 179 Å². The molecule has 3 rings (SSSR count). The van der Waals surface area contributed by atoms with E-state index < -0.39 is 38.5 Å². The van der Waals surface area contributed by atoms with E-state index in [1.807, 2.05) is 0 Å². The lowest BCUT2D eigenvalue weighted by molar-refractivity contribution is -0.141. The zero-order chi connectivity index (χ0) is 21.6. The smallest absolute Gasteiger partial charge is 0.244 e. The molecule has 7 nitrogen and oxygen atoms in total. The number of nitrogens with zero attached hydrogens (tertiary/aromatic N) is 2. The van der Waals surface area contributed by atoms with Gasteiger partial charge in [0.2, 0.25) is 11.8 Å². The number of sulfone groups is 1. The van der Waals surface area contributed by atoms with Gasteiger partial charge in [-0.05, 0) is 37.5 Å². The van der Waals surface area contributed by atoms with Crippen LogP contribution in [0.15, 0.2) is 23.1 Å².